The van der Waals surface area contributed by atoms with E-state index in [1.165, 1.54) is 0 Å². The van der Waals surface area contributed by atoms with E-state index in [9.17, 15) is 9.59 Å². The fourth-order valence-corrected chi connectivity index (χ4v) is 2.21. The van der Waals surface area contributed by atoms with Crippen LogP contribution in [-0.4, -0.2) is 18.6 Å². The van der Waals surface area contributed by atoms with Gasteiger partial charge in [-0.15, -0.1) is 0 Å². The van der Waals surface area contributed by atoms with Crippen LogP contribution in [0, 0.1) is 6.92 Å². The zero-order valence-electron chi connectivity index (χ0n) is 14.0. The molecule has 0 unspecified atom stereocenters. The number of ether oxygens (including phenoxy) is 2. The predicted octanol–water partition coefficient (Wildman–Crippen LogP) is 3.62. The Morgan fingerprint density at radius 2 is 1.88 bits per heavy atom. The van der Waals surface area contributed by atoms with Gasteiger partial charge in [-0.1, -0.05) is 35.9 Å². The maximum absolute atomic E-state index is 12.1. The molecule has 0 fully saturated rings. The highest BCUT2D eigenvalue weighted by Gasteiger charge is 2.13. The highest BCUT2D eigenvalue weighted by Crippen LogP contribution is 2.18. The van der Waals surface area contributed by atoms with Crippen molar-refractivity contribution in [3.05, 3.63) is 64.2 Å². The van der Waals surface area contributed by atoms with Gasteiger partial charge in [-0.25, -0.2) is 10.2 Å². The highest BCUT2D eigenvalue weighted by atomic mass is 35.5. The third-order valence-electron chi connectivity index (χ3n) is 3.30. The Balaban J connectivity index is 1.85. The van der Waals surface area contributed by atoms with Gasteiger partial charge in [-0.3, -0.25) is 10.2 Å². The minimum atomic E-state index is -0.769. The zero-order valence-corrected chi connectivity index (χ0v) is 14.7. The number of hydrogen-bond acceptors (Lipinski definition) is 4. The Bertz CT molecular complexity index is 764. The Hall–Kier alpha value is -2.73. The van der Waals surface area contributed by atoms with Crippen LogP contribution in [0.5, 0.6) is 5.75 Å². The van der Waals surface area contributed by atoms with Crippen LogP contribution in [0.15, 0.2) is 42.5 Å². The molecule has 132 valence electrons. The van der Waals surface area contributed by atoms with Crippen molar-refractivity contribution in [1.82, 2.24) is 10.9 Å². The van der Waals surface area contributed by atoms with E-state index in [0.29, 0.717) is 22.9 Å². The molecule has 25 heavy (non-hydrogen) atoms. The Labute approximate surface area is 151 Å². The third-order valence-corrected chi connectivity index (χ3v) is 3.73. The number of halogens is 1. The number of hydrazine groups is 1. The van der Waals surface area contributed by atoms with Crippen molar-refractivity contribution in [3.63, 3.8) is 0 Å². The summed E-state index contributed by atoms with van der Waals surface area (Å²) in [5, 5.41) is 0.647. The molecule has 7 heteroatoms. The number of para-hydroxylation sites is 1. The molecule has 0 spiro atoms. The summed E-state index contributed by atoms with van der Waals surface area (Å²) < 4.78 is 10.4. The molecule has 0 heterocycles. The Kier molecular flexibility index (Phi) is 6.65. The first kappa shape index (κ1) is 18.6. The molecule has 0 saturated carbocycles. The molecule has 0 aliphatic carbocycles. The van der Waals surface area contributed by atoms with Gasteiger partial charge in [-0.05, 0) is 43.2 Å². The molecule has 0 aliphatic heterocycles. The van der Waals surface area contributed by atoms with Crippen LogP contribution in [0.2, 0.25) is 5.02 Å². The van der Waals surface area contributed by atoms with E-state index in [-0.39, 0.29) is 6.61 Å². The molecule has 0 saturated heterocycles. The minimum absolute atomic E-state index is 0.0647. The van der Waals surface area contributed by atoms with Crippen molar-refractivity contribution in [2.75, 3.05) is 6.61 Å². The van der Waals surface area contributed by atoms with E-state index in [1.807, 2.05) is 19.9 Å². The lowest BCUT2D eigenvalue weighted by Gasteiger charge is -2.11. The number of hydrogen-bond donors (Lipinski definition) is 2. The summed E-state index contributed by atoms with van der Waals surface area (Å²) in [6, 6.07) is 12.1. The van der Waals surface area contributed by atoms with Gasteiger partial charge in [0.1, 0.15) is 12.4 Å². The van der Waals surface area contributed by atoms with Crippen molar-refractivity contribution in [3.8, 4) is 5.75 Å². The van der Waals surface area contributed by atoms with Gasteiger partial charge in [0.2, 0.25) is 0 Å². The number of benzene rings is 2. The predicted molar refractivity (Wildman–Crippen MR) is 94.6 cm³/mol. The van der Waals surface area contributed by atoms with Gasteiger partial charge in [0.05, 0.1) is 12.2 Å². The maximum Gasteiger partial charge on any atom is 0.426 e. The van der Waals surface area contributed by atoms with Crippen LogP contribution < -0.4 is 15.6 Å². The van der Waals surface area contributed by atoms with Crippen molar-refractivity contribution < 1.29 is 19.1 Å². The molecule has 2 rings (SSSR count). The number of carbonyl (C=O) groups is 2. The molecule has 6 nitrogen and oxygen atoms in total. The standard InChI is InChI=1S/C18H19ClN2O4/c1-3-24-16-7-5-4-6-14(16)17(22)20-21-18(23)25-11-13-8-9-15(19)12(2)10-13/h4-10H,3,11H2,1-2H3,(H,20,22)(H,21,23). The molecule has 2 aromatic carbocycles. The molecular weight excluding hydrogens is 344 g/mol. The molecule has 0 aliphatic rings. The van der Waals surface area contributed by atoms with Gasteiger partial charge >= 0.3 is 6.09 Å². The number of rotatable bonds is 5. The topological polar surface area (TPSA) is 76.7 Å². The molecule has 0 bridgehead atoms. The second-order valence-corrected chi connectivity index (χ2v) is 5.58. The smallest absolute Gasteiger partial charge is 0.426 e. The third kappa shape index (κ3) is 5.39. The fourth-order valence-electron chi connectivity index (χ4n) is 2.09. The normalized spacial score (nSPS) is 10.0. The first-order valence-corrected chi connectivity index (χ1v) is 8.09. The molecule has 2 N–H and O–H groups in total. The Morgan fingerprint density at radius 1 is 1.12 bits per heavy atom. The van der Waals surface area contributed by atoms with Gasteiger partial charge < -0.3 is 9.47 Å². The number of nitrogens with one attached hydrogen (secondary N) is 2. The molecule has 2 amide bonds. The summed E-state index contributed by atoms with van der Waals surface area (Å²) in [6.45, 7) is 4.18. The molecule has 2 aromatic rings. The summed E-state index contributed by atoms with van der Waals surface area (Å²) in [7, 11) is 0. The first-order valence-electron chi connectivity index (χ1n) is 7.71. The average molecular weight is 363 g/mol. The number of carbonyl (C=O) groups excluding carboxylic acids is 2. The van der Waals surface area contributed by atoms with Crippen LogP contribution in [0.25, 0.3) is 0 Å². The van der Waals surface area contributed by atoms with Gasteiger partial charge in [0.25, 0.3) is 5.91 Å². The lowest BCUT2D eigenvalue weighted by molar-refractivity contribution is 0.0901. The highest BCUT2D eigenvalue weighted by molar-refractivity contribution is 6.31. The zero-order chi connectivity index (χ0) is 18.2. The van der Waals surface area contributed by atoms with Crippen molar-refractivity contribution in [2.24, 2.45) is 0 Å². The van der Waals surface area contributed by atoms with E-state index in [4.69, 9.17) is 21.1 Å². The van der Waals surface area contributed by atoms with Crippen molar-refractivity contribution in [1.29, 1.82) is 0 Å². The van der Waals surface area contributed by atoms with Gasteiger partial charge in [0.15, 0.2) is 0 Å². The van der Waals surface area contributed by atoms with E-state index < -0.39 is 12.0 Å². The number of aryl methyl sites for hydroxylation is 1. The quantitative estimate of drug-likeness (QED) is 0.796. The lowest BCUT2D eigenvalue weighted by atomic mass is 10.1. The first-order chi connectivity index (χ1) is 12.0. The SMILES string of the molecule is CCOc1ccccc1C(=O)NNC(=O)OCc1ccc(Cl)c(C)c1. The maximum atomic E-state index is 12.1. The van der Waals surface area contributed by atoms with E-state index in [2.05, 4.69) is 10.9 Å². The van der Waals surface area contributed by atoms with Gasteiger partial charge in [0, 0.05) is 5.02 Å². The van der Waals surface area contributed by atoms with E-state index in [1.54, 1.807) is 36.4 Å². The Morgan fingerprint density at radius 3 is 2.60 bits per heavy atom. The fraction of sp³-hybridized carbons (Fsp3) is 0.222. The van der Waals surface area contributed by atoms with Crippen molar-refractivity contribution in [2.45, 2.75) is 20.5 Å². The summed E-state index contributed by atoms with van der Waals surface area (Å²) in [4.78, 5) is 23.8. The van der Waals surface area contributed by atoms with E-state index in [0.717, 1.165) is 11.1 Å². The molecule has 0 radical (unpaired) electrons. The van der Waals surface area contributed by atoms with E-state index >= 15 is 0 Å². The minimum Gasteiger partial charge on any atom is -0.493 e. The van der Waals surface area contributed by atoms with Crippen LogP contribution in [0.1, 0.15) is 28.4 Å². The van der Waals surface area contributed by atoms with Crippen LogP contribution in [0.3, 0.4) is 0 Å². The summed E-state index contributed by atoms with van der Waals surface area (Å²) in [5.74, 6) is -0.0577. The number of amides is 2. The lowest BCUT2D eigenvalue weighted by Crippen LogP contribution is -2.42. The molecule has 0 aromatic heterocycles. The largest absolute Gasteiger partial charge is 0.493 e. The molecular formula is C18H19ClN2O4. The molecule has 0 atom stereocenters. The average Bonchev–Trinajstić information content (AvgIpc) is 2.61. The second-order valence-electron chi connectivity index (χ2n) is 5.17. The monoisotopic (exact) mass is 362 g/mol. The van der Waals surface area contributed by atoms with Crippen LogP contribution in [0.4, 0.5) is 4.79 Å². The van der Waals surface area contributed by atoms with Crippen LogP contribution in [-0.2, 0) is 11.3 Å². The summed E-state index contributed by atoms with van der Waals surface area (Å²) in [6.07, 6.45) is -0.769. The summed E-state index contributed by atoms with van der Waals surface area (Å²) >= 11 is 5.94. The van der Waals surface area contributed by atoms with Gasteiger partial charge in [-0.2, -0.15) is 0 Å². The second kappa shape index (κ2) is 8.94. The van der Waals surface area contributed by atoms with Crippen LogP contribution >= 0.6 is 11.6 Å². The van der Waals surface area contributed by atoms with Crippen molar-refractivity contribution >= 4 is 23.6 Å². The summed E-state index contributed by atoms with van der Waals surface area (Å²) in [5.41, 5.74) is 6.50.